The Hall–Kier alpha value is -3.07. The molecule has 146 valence electrons. The molecule has 8 nitrogen and oxygen atoms in total. The predicted molar refractivity (Wildman–Crippen MR) is 103 cm³/mol. The molecule has 9 heteroatoms. The smallest absolute Gasteiger partial charge is 0.261 e. The summed E-state index contributed by atoms with van der Waals surface area (Å²) >= 11 is 0. The molecule has 0 spiro atoms. The molecule has 0 aromatic heterocycles. The van der Waals surface area contributed by atoms with Crippen molar-refractivity contribution in [3.05, 3.63) is 42.1 Å². The van der Waals surface area contributed by atoms with Gasteiger partial charge in [-0.15, -0.1) is 0 Å². The molecule has 0 heterocycles. The molecule has 0 aliphatic heterocycles. The third kappa shape index (κ3) is 4.56. The lowest BCUT2D eigenvalue weighted by Crippen LogP contribution is -2.18. The van der Waals surface area contributed by atoms with E-state index in [4.69, 9.17) is 24.7 Å². The van der Waals surface area contributed by atoms with Gasteiger partial charge in [0.05, 0.1) is 44.6 Å². The maximum Gasteiger partial charge on any atom is 0.261 e. The summed E-state index contributed by atoms with van der Waals surface area (Å²) in [5.41, 5.74) is 6.55. The van der Waals surface area contributed by atoms with Crippen LogP contribution in [0.5, 0.6) is 23.0 Å². The van der Waals surface area contributed by atoms with Crippen molar-refractivity contribution in [3.63, 3.8) is 0 Å². The normalized spacial score (nSPS) is 11.3. The van der Waals surface area contributed by atoms with Gasteiger partial charge in [-0.3, -0.25) is 4.72 Å². The fourth-order valence-electron chi connectivity index (χ4n) is 2.35. The first-order valence-corrected chi connectivity index (χ1v) is 9.27. The number of benzene rings is 2. The third-order valence-electron chi connectivity index (χ3n) is 3.74. The molecule has 27 heavy (non-hydrogen) atoms. The van der Waals surface area contributed by atoms with Crippen molar-refractivity contribution in [2.45, 2.75) is 4.90 Å². The molecule has 3 N–H and O–H groups in total. The van der Waals surface area contributed by atoms with Crippen molar-refractivity contribution in [1.29, 1.82) is 0 Å². The molecule has 2 aromatic rings. The van der Waals surface area contributed by atoms with Gasteiger partial charge in [0, 0.05) is 18.3 Å². The molecule has 2 aromatic carbocycles. The van der Waals surface area contributed by atoms with E-state index in [2.05, 4.69) is 4.72 Å². The molecular formula is C18H22N2O6S. The van der Waals surface area contributed by atoms with Crippen molar-refractivity contribution in [3.8, 4) is 23.0 Å². The minimum Gasteiger partial charge on any atom is -0.496 e. The van der Waals surface area contributed by atoms with Crippen molar-refractivity contribution >= 4 is 21.8 Å². The SMILES string of the molecule is COc1cc(OC)c(/C=C/NS(=O)(=O)c2ccc(OC)c(N)c2)c(OC)c1. The Balaban J connectivity index is 2.30. The minimum absolute atomic E-state index is 0.0131. The first kappa shape index (κ1) is 20.2. The lowest BCUT2D eigenvalue weighted by Gasteiger charge is -2.12. The van der Waals surface area contributed by atoms with Gasteiger partial charge in [0.1, 0.15) is 23.0 Å². The highest BCUT2D eigenvalue weighted by Gasteiger charge is 2.15. The zero-order chi connectivity index (χ0) is 20.0. The summed E-state index contributed by atoms with van der Waals surface area (Å²) < 4.78 is 48.1. The van der Waals surface area contributed by atoms with Crippen molar-refractivity contribution in [2.24, 2.45) is 0 Å². The van der Waals surface area contributed by atoms with E-state index < -0.39 is 10.0 Å². The van der Waals surface area contributed by atoms with E-state index in [0.717, 1.165) is 0 Å². The van der Waals surface area contributed by atoms with E-state index in [1.807, 2.05) is 0 Å². The monoisotopic (exact) mass is 394 g/mol. The van der Waals surface area contributed by atoms with Gasteiger partial charge in [0.2, 0.25) is 0 Å². The number of ether oxygens (including phenoxy) is 4. The van der Waals surface area contributed by atoms with Crippen LogP contribution < -0.4 is 29.4 Å². The molecule has 0 atom stereocenters. The first-order valence-electron chi connectivity index (χ1n) is 7.78. The fourth-order valence-corrected chi connectivity index (χ4v) is 3.26. The number of nitrogens with one attached hydrogen (secondary N) is 1. The molecule has 0 aliphatic rings. The zero-order valence-corrected chi connectivity index (χ0v) is 16.3. The van der Waals surface area contributed by atoms with Gasteiger partial charge in [-0.05, 0) is 24.3 Å². The van der Waals surface area contributed by atoms with Crippen LogP contribution in [0.4, 0.5) is 5.69 Å². The number of nitrogens with two attached hydrogens (primary N) is 1. The van der Waals surface area contributed by atoms with Crippen LogP contribution in [0.1, 0.15) is 5.56 Å². The largest absolute Gasteiger partial charge is 0.496 e. The molecule has 0 unspecified atom stereocenters. The zero-order valence-electron chi connectivity index (χ0n) is 15.5. The highest BCUT2D eigenvalue weighted by molar-refractivity contribution is 7.89. The van der Waals surface area contributed by atoms with Crippen molar-refractivity contribution in [1.82, 2.24) is 4.72 Å². The van der Waals surface area contributed by atoms with Crippen LogP contribution in [0.2, 0.25) is 0 Å². The Morgan fingerprint density at radius 1 is 0.889 bits per heavy atom. The quantitative estimate of drug-likeness (QED) is 0.661. The summed E-state index contributed by atoms with van der Waals surface area (Å²) in [6.07, 6.45) is 2.81. The first-order chi connectivity index (χ1) is 12.9. The number of rotatable bonds is 8. The van der Waals surface area contributed by atoms with Gasteiger partial charge in [-0.2, -0.15) is 0 Å². The van der Waals surface area contributed by atoms with E-state index in [9.17, 15) is 8.42 Å². The molecule has 2 rings (SSSR count). The molecule has 0 bridgehead atoms. The Morgan fingerprint density at radius 2 is 1.48 bits per heavy atom. The summed E-state index contributed by atoms with van der Waals surface area (Å²) in [4.78, 5) is 0.0131. The molecular weight excluding hydrogens is 372 g/mol. The van der Waals surface area contributed by atoms with E-state index in [1.54, 1.807) is 12.1 Å². The summed E-state index contributed by atoms with van der Waals surface area (Å²) in [6.45, 7) is 0. The van der Waals surface area contributed by atoms with Gasteiger partial charge in [0.15, 0.2) is 0 Å². The number of anilines is 1. The molecule has 0 fully saturated rings. The van der Waals surface area contributed by atoms with E-state index in [0.29, 0.717) is 28.6 Å². The van der Waals surface area contributed by atoms with E-state index in [-0.39, 0.29) is 10.6 Å². The second-order valence-corrected chi connectivity index (χ2v) is 7.02. The van der Waals surface area contributed by atoms with Crippen LogP contribution in [0.3, 0.4) is 0 Å². The third-order valence-corrected chi connectivity index (χ3v) is 5.06. The maximum atomic E-state index is 12.4. The lowest BCUT2D eigenvalue weighted by molar-refractivity contribution is 0.374. The average Bonchev–Trinajstić information content (AvgIpc) is 2.67. The van der Waals surface area contributed by atoms with Gasteiger partial charge in [0.25, 0.3) is 10.0 Å². The van der Waals surface area contributed by atoms with Crippen LogP contribution in [0.25, 0.3) is 6.08 Å². The van der Waals surface area contributed by atoms with Crippen LogP contribution in [0.15, 0.2) is 41.4 Å². The summed E-state index contributed by atoms with van der Waals surface area (Å²) in [7, 11) is 2.16. The number of hydrogen-bond acceptors (Lipinski definition) is 7. The Morgan fingerprint density at radius 3 is 1.96 bits per heavy atom. The maximum absolute atomic E-state index is 12.4. The van der Waals surface area contributed by atoms with Crippen LogP contribution in [0, 0.1) is 0 Å². The fraction of sp³-hybridized carbons (Fsp3) is 0.222. The Kier molecular flexibility index (Phi) is 6.40. The number of methoxy groups -OCH3 is 4. The molecule has 0 saturated carbocycles. The van der Waals surface area contributed by atoms with Gasteiger partial charge in [-0.25, -0.2) is 8.42 Å². The van der Waals surface area contributed by atoms with Crippen LogP contribution in [-0.4, -0.2) is 36.9 Å². The van der Waals surface area contributed by atoms with Gasteiger partial charge >= 0.3 is 0 Å². The molecule has 0 radical (unpaired) electrons. The molecule has 0 amide bonds. The van der Waals surface area contributed by atoms with Crippen molar-refractivity contribution < 1.29 is 27.4 Å². The Labute approximate surface area is 158 Å². The molecule has 0 saturated heterocycles. The minimum atomic E-state index is -3.81. The lowest BCUT2D eigenvalue weighted by atomic mass is 10.1. The van der Waals surface area contributed by atoms with Crippen molar-refractivity contribution in [2.75, 3.05) is 34.2 Å². The topological polar surface area (TPSA) is 109 Å². The van der Waals surface area contributed by atoms with E-state index in [1.165, 1.54) is 58.9 Å². The summed E-state index contributed by atoms with van der Waals surface area (Å²) in [5, 5.41) is 0. The highest BCUT2D eigenvalue weighted by Crippen LogP contribution is 2.35. The second-order valence-electron chi connectivity index (χ2n) is 5.30. The molecule has 0 aliphatic carbocycles. The predicted octanol–water partition coefficient (Wildman–Crippen LogP) is 2.25. The second kappa shape index (κ2) is 8.54. The summed E-state index contributed by atoms with van der Waals surface area (Å²) in [5.74, 6) is 1.89. The van der Waals surface area contributed by atoms with Crippen LogP contribution >= 0.6 is 0 Å². The van der Waals surface area contributed by atoms with E-state index >= 15 is 0 Å². The van der Waals surface area contributed by atoms with Gasteiger partial charge < -0.3 is 24.7 Å². The Bertz CT molecular complexity index is 916. The summed E-state index contributed by atoms with van der Waals surface area (Å²) in [6, 6.07) is 7.55. The van der Waals surface area contributed by atoms with Crippen LogP contribution in [-0.2, 0) is 10.0 Å². The average molecular weight is 394 g/mol. The number of nitrogen functional groups attached to an aromatic ring is 1. The van der Waals surface area contributed by atoms with Gasteiger partial charge in [-0.1, -0.05) is 0 Å². The number of hydrogen-bond donors (Lipinski definition) is 2. The highest BCUT2D eigenvalue weighted by atomic mass is 32.2. The standard InChI is InChI=1S/C18H22N2O6S/c1-23-12-9-17(25-3)14(18(10-12)26-4)7-8-20-27(21,22)13-5-6-16(24-2)15(19)11-13/h5-11,20H,19H2,1-4H3/b8-7+. The number of sulfonamides is 1.